The van der Waals surface area contributed by atoms with Gasteiger partial charge in [0.25, 0.3) is 0 Å². The highest BCUT2D eigenvalue weighted by Crippen LogP contribution is 2.02. The molecule has 7 heteroatoms. The van der Waals surface area contributed by atoms with Crippen molar-refractivity contribution in [2.75, 3.05) is 0 Å². The van der Waals surface area contributed by atoms with Crippen LogP contribution in [0.1, 0.15) is 5.69 Å². The Morgan fingerprint density at radius 2 is 2.58 bits per heavy atom. The van der Waals surface area contributed by atoms with Crippen LogP contribution >= 0.6 is 23.6 Å². The highest BCUT2D eigenvalue weighted by atomic mass is 32.1. The second-order valence-corrected chi connectivity index (χ2v) is 3.23. The molecule has 0 aliphatic rings. The molecule has 0 spiro atoms. The SMILES string of the molecule is S=c1nn[nH]n1Cc1cscn1. The van der Waals surface area contributed by atoms with Crippen LogP contribution in [0.15, 0.2) is 10.9 Å². The summed E-state index contributed by atoms with van der Waals surface area (Å²) < 4.78 is 2.10. The van der Waals surface area contributed by atoms with Crippen molar-refractivity contribution >= 4 is 23.6 Å². The average Bonchev–Trinajstić information content (AvgIpc) is 2.65. The first-order valence-electron chi connectivity index (χ1n) is 3.21. The first-order chi connectivity index (χ1) is 5.86. The van der Waals surface area contributed by atoms with E-state index in [0.29, 0.717) is 11.3 Å². The van der Waals surface area contributed by atoms with Gasteiger partial charge in [-0.3, -0.25) is 0 Å². The molecule has 0 amide bonds. The van der Waals surface area contributed by atoms with Crippen molar-refractivity contribution in [1.82, 2.24) is 25.2 Å². The highest BCUT2D eigenvalue weighted by Gasteiger charge is 1.98. The Bertz CT molecular complexity index is 399. The number of nitrogens with zero attached hydrogens (tertiary/aromatic N) is 4. The number of aromatic amines is 1. The number of hydrogen-bond donors (Lipinski definition) is 1. The molecule has 0 bridgehead atoms. The van der Waals surface area contributed by atoms with E-state index in [2.05, 4.69) is 20.5 Å². The second kappa shape index (κ2) is 3.11. The van der Waals surface area contributed by atoms with Crippen molar-refractivity contribution in [3.8, 4) is 0 Å². The van der Waals surface area contributed by atoms with Crippen LogP contribution in [0.4, 0.5) is 0 Å². The third kappa shape index (κ3) is 1.41. The van der Waals surface area contributed by atoms with Gasteiger partial charge in [-0.05, 0) is 12.2 Å². The van der Waals surface area contributed by atoms with E-state index in [0.717, 1.165) is 5.69 Å². The van der Waals surface area contributed by atoms with Gasteiger partial charge in [-0.25, -0.2) is 9.67 Å². The molecule has 1 N–H and O–H groups in total. The molecule has 0 radical (unpaired) electrons. The molecule has 0 saturated carbocycles. The van der Waals surface area contributed by atoms with Gasteiger partial charge in [0, 0.05) is 5.38 Å². The lowest BCUT2D eigenvalue weighted by molar-refractivity contribution is 0.634. The van der Waals surface area contributed by atoms with E-state index in [1.54, 1.807) is 21.5 Å². The van der Waals surface area contributed by atoms with Crippen molar-refractivity contribution in [2.24, 2.45) is 0 Å². The summed E-state index contributed by atoms with van der Waals surface area (Å²) in [6.07, 6.45) is 0. The Balaban J connectivity index is 2.25. The van der Waals surface area contributed by atoms with E-state index < -0.39 is 0 Å². The maximum absolute atomic E-state index is 4.89. The summed E-state index contributed by atoms with van der Waals surface area (Å²) in [6, 6.07) is 0. The summed E-state index contributed by atoms with van der Waals surface area (Å²) in [4.78, 5) is 4.11. The number of aromatic nitrogens is 5. The second-order valence-electron chi connectivity index (χ2n) is 2.15. The molecular formula is C5H5N5S2. The number of tetrazole rings is 1. The Morgan fingerprint density at radius 1 is 1.67 bits per heavy atom. The smallest absolute Gasteiger partial charge is 0.238 e. The summed E-state index contributed by atoms with van der Waals surface area (Å²) in [6.45, 7) is 0.606. The molecule has 0 unspecified atom stereocenters. The van der Waals surface area contributed by atoms with Crippen LogP contribution < -0.4 is 0 Å². The molecule has 2 aromatic heterocycles. The van der Waals surface area contributed by atoms with Crippen LogP contribution in [0.2, 0.25) is 0 Å². The van der Waals surface area contributed by atoms with Crippen LogP contribution in [0.25, 0.3) is 0 Å². The fraction of sp³-hybridized carbons (Fsp3) is 0.200. The Labute approximate surface area is 77.1 Å². The first-order valence-corrected chi connectivity index (χ1v) is 4.56. The molecule has 12 heavy (non-hydrogen) atoms. The minimum atomic E-state index is 0.447. The van der Waals surface area contributed by atoms with Crippen LogP contribution in [0, 0.1) is 4.77 Å². The van der Waals surface area contributed by atoms with Crippen LogP contribution in [-0.2, 0) is 6.54 Å². The van der Waals surface area contributed by atoms with E-state index in [1.807, 2.05) is 5.38 Å². The number of rotatable bonds is 2. The monoisotopic (exact) mass is 199 g/mol. The van der Waals surface area contributed by atoms with Gasteiger partial charge in [-0.1, -0.05) is 10.3 Å². The minimum absolute atomic E-state index is 0.447. The topological polar surface area (TPSA) is 59.4 Å². The third-order valence-electron chi connectivity index (χ3n) is 1.34. The van der Waals surface area contributed by atoms with E-state index in [9.17, 15) is 0 Å². The molecule has 0 saturated heterocycles. The van der Waals surface area contributed by atoms with Gasteiger partial charge in [0.1, 0.15) is 0 Å². The fourth-order valence-electron chi connectivity index (χ4n) is 0.796. The maximum Gasteiger partial charge on any atom is 0.238 e. The van der Waals surface area contributed by atoms with Gasteiger partial charge >= 0.3 is 0 Å². The predicted molar refractivity (Wildman–Crippen MR) is 46.4 cm³/mol. The molecular weight excluding hydrogens is 194 g/mol. The highest BCUT2D eigenvalue weighted by molar-refractivity contribution is 7.71. The van der Waals surface area contributed by atoms with E-state index in [1.165, 1.54) is 0 Å². The lowest BCUT2D eigenvalue weighted by atomic mass is 10.5. The molecule has 5 nitrogen and oxygen atoms in total. The van der Waals surface area contributed by atoms with Gasteiger partial charge in [0.15, 0.2) is 0 Å². The average molecular weight is 199 g/mol. The van der Waals surface area contributed by atoms with E-state index in [4.69, 9.17) is 12.2 Å². The van der Waals surface area contributed by atoms with Gasteiger partial charge in [-0.2, -0.15) is 5.21 Å². The van der Waals surface area contributed by atoms with Gasteiger partial charge in [-0.15, -0.1) is 11.3 Å². The number of nitrogens with one attached hydrogen (secondary N) is 1. The Hall–Kier alpha value is -1.08. The Morgan fingerprint density at radius 3 is 3.17 bits per heavy atom. The summed E-state index contributed by atoms with van der Waals surface area (Å²) in [5.74, 6) is 0. The predicted octanol–water partition coefficient (Wildman–Crippen LogP) is 0.840. The van der Waals surface area contributed by atoms with Crippen LogP contribution in [-0.4, -0.2) is 25.2 Å². The van der Waals surface area contributed by atoms with Crippen LogP contribution in [0.5, 0.6) is 0 Å². The normalized spacial score (nSPS) is 10.3. The lowest BCUT2D eigenvalue weighted by Gasteiger charge is -1.94. The molecule has 2 aromatic rings. The summed E-state index contributed by atoms with van der Waals surface area (Å²) >= 11 is 6.45. The zero-order valence-electron chi connectivity index (χ0n) is 5.97. The molecule has 2 rings (SSSR count). The summed E-state index contributed by atoms with van der Waals surface area (Å²) in [5, 5.41) is 11.8. The Kier molecular flexibility index (Phi) is 1.96. The molecule has 0 atom stereocenters. The summed E-state index contributed by atoms with van der Waals surface area (Å²) in [5.41, 5.74) is 2.74. The standard InChI is InChI=1S/C5H5N5S2/c11-5-7-8-9-10(5)1-4-2-12-3-6-4/h2-3H,1H2,(H,7,9,11). The first kappa shape index (κ1) is 7.56. The fourth-order valence-corrected chi connectivity index (χ4v) is 1.49. The molecule has 0 aliphatic heterocycles. The van der Waals surface area contributed by atoms with Gasteiger partial charge in [0.2, 0.25) is 4.77 Å². The zero-order chi connectivity index (χ0) is 8.39. The minimum Gasteiger partial charge on any atom is -0.248 e. The largest absolute Gasteiger partial charge is 0.248 e. The van der Waals surface area contributed by atoms with E-state index >= 15 is 0 Å². The zero-order valence-corrected chi connectivity index (χ0v) is 7.60. The van der Waals surface area contributed by atoms with E-state index in [-0.39, 0.29) is 0 Å². The van der Waals surface area contributed by atoms with Crippen molar-refractivity contribution < 1.29 is 0 Å². The van der Waals surface area contributed by atoms with Crippen molar-refractivity contribution in [1.29, 1.82) is 0 Å². The molecule has 2 heterocycles. The maximum atomic E-state index is 4.89. The number of hydrogen-bond acceptors (Lipinski definition) is 5. The quantitative estimate of drug-likeness (QED) is 0.728. The van der Waals surface area contributed by atoms with Gasteiger partial charge < -0.3 is 0 Å². The number of thiazole rings is 1. The number of H-pyrrole nitrogens is 1. The molecule has 0 fully saturated rings. The van der Waals surface area contributed by atoms with Crippen LogP contribution in [0.3, 0.4) is 0 Å². The molecule has 0 aliphatic carbocycles. The van der Waals surface area contributed by atoms with Crippen molar-refractivity contribution in [3.63, 3.8) is 0 Å². The molecule has 0 aromatic carbocycles. The molecule has 62 valence electrons. The van der Waals surface area contributed by atoms with Crippen molar-refractivity contribution in [3.05, 3.63) is 21.4 Å². The lowest BCUT2D eigenvalue weighted by Crippen LogP contribution is -2.01. The van der Waals surface area contributed by atoms with Crippen molar-refractivity contribution in [2.45, 2.75) is 6.54 Å². The van der Waals surface area contributed by atoms with Gasteiger partial charge in [0.05, 0.1) is 17.7 Å². The summed E-state index contributed by atoms with van der Waals surface area (Å²) in [7, 11) is 0. The third-order valence-corrected chi connectivity index (χ3v) is 2.27.